The van der Waals surface area contributed by atoms with Crippen LogP contribution in [0, 0.1) is 18.3 Å². The summed E-state index contributed by atoms with van der Waals surface area (Å²) in [5, 5.41) is 20.0. The number of hydrogen-bond donors (Lipinski definition) is 1. The first-order valence-corrected chi connectivity index (χ1v) is 9.07. The van der Waals surface area contributed by atoms with Crippen LogP contribution in [0.2, 0.25) is 0 Å². The number of carbonyl (C=O) groups excluding carboxylic acids is 1. The van der Waals surface area contributed by atoms with E-state index in [0.717, 1.165) is 11.0 Å². The number of pyridine rings is 1. The summed E-state index contributed by atoms with van der Waals surface area (Å²) in [4.78, 5) is 25.5. The zero-order valence-corrected chi connectivity index (χ0v) is 16.5. The van der Waals surface area contributed by atoms with Crippen molar-refractivity contribution in [1.29, 1.82) is 5.26 Å². The minimum Gasteiger partial charge on any atom is -0.494 e. The maximum Gasteiger partial charge on any atom is 0.271 e. The quantitative estimate of drug-likeness (QED) is 0.701. The number of methoxy groups -OCH3 is 1. The SMILES string of the molecule is CCCCn1c(O)c(C(=O)C(C)Oc2ccccc2OC)c(C)c(C#N)c1=O. The summed E-state index contributed by atoms with van der Waals surface area (Å²) in [7, 11) is 1.49. The van der Waals surface area contributed by atoms with Crippen LogP contribution in [-0.2, 0) is 6.54 Å². The molecule has 148 valence electrons. The van der Waals surface area contributed by atoms with E-state index in [-0.39, 0.29) is 23.2 Å². The highest BCUT2D eigenvalue weighted by Gasteiger charge is 2.28. The lowest BCUT2D eigenvalue weighted by Gasteiger charge is -2.19. The summed E-state index contributed by atoms with van der Waals surface area (Å²) in [6.45, 7) is 5.18. The number of hydrogen-bond acceptors (Lipinski definition) is 6. The Hall–Kier alpha value is -3.27. The van der Waals surface area contributed by atoms with Crippen LogP contribution in [-0.4, -0.2) is 28.7 Å². The number of ketones is 1. The molecule has 7 heteroatoms. The van der Waals surface area contributed by atoms with E-state index in [1.165, 1.54) is 14.0 Å². The highest BCUT2D eigenvalue weighted by Crippen LogP contribution is 2.29. The Morgan fingerprint density at radius 2 is 1.96 bits per heavy atom. The molecule has 0 aliphatic carbocycles. The van der Waals surface area contributed by atoms with Crippen molar-refractivity contribution in [2.45, 2.75) is 46.3 Å². The van der Waals surface area contributed by atoms with E-state index in [0.29, 0.717) is 17.9 Å². The number of Topliss-reactive ketones (excluding diaryl/α,β-unsaturated/α-hetero) is 1. The molecule has 1 aromatic carbocycles. The molecule has 0 saturated heterocycles. The zero-order chi connectivity index (χ0) is 20.8. The minimum absolute atomic E-state index is 0.0744. The molecule has 1 N–H and O–H groups in total. The lowest BCUT2D eigenvalue weighted by atomic mass is 9.99. The summed E-state index contributed by atoms with van der Waals surface area (Å²) in [6, 6.07) is 8.74. The van der Waals surface area contributed by atoms with Gasteiger partial charge in [0.2, 0.25) is 11.7 Å². The minimum atomic E-state index is -0.968. The first-order chi connectivity index (χ1) is 13.4. The predicted octanol–water partition coefficient (Wildman–Crippen LogP) is 3.19. The van der Waals surface area contributed by atoms with Crippen molar-refractivity contribution in [2.75, 3.05) is 7.11 Å². The van der Waals surface area contributed by atoms with Gasteiger partial charge in [-0.05, 0) is 38.0 Å². The monoisotopic (exact) mass is 384 g/mol. The third-order valence-electron chi connectivity index (χ3n) is 4.52. The van der Waals surface area contributed by atoms with Crippen molar-refractivity contribution in [3.63, 3.8) is 0 Å². The molecule has 0 radical (unpaired) electrons. The molecule has 0 saturated carbocycles. The van der Waals surface area contributed by atoms with Gasteiger partial charge in [0, 0.05) is 6.54 Å². The van der Waals surface area contributed by atoms with Crippen LogP contribution in [0.3, 0.4) is 0 Å². The zero-order valence-electron chi connectivity index (χ0n) is 16.5. The van der Waals surface area contributed by atoms with Crippen LogP contribution in [0.4, 0.5) is 0 Å². The number of benzene rings is 1. The second kappa shape index (κ2) is 9.09. The Balaban J connectivity index is 2.49. The fourth-order valence-electron chi connectivity index (χ4n) is 2.93. The van der Waals surface area contributed by atoms with E-state index in [4.69, 9.17) is 9.47 Å². The average molecular weight is 384 g/mol. The van der Waals surface area contributed by atoms with Crippen LogP contribution in [0.5, 0.6) is 17.4 Å². The number of carbonyl (C=O) groups is 1. The largest absolute Gasteiger partial charge is 0.494 e. The molecule has 1 unspecified atom stereocenters. The summed E-state index contributed by atoms with van der Waals surface area (Å²) < 4.78 is 12.0. The lowest BCUT2D eigenvalue weighted by molar-refractivity contribution is 0.0808. The van der Waals surface area contributed by atoms with E-state index >= 15 is 0 Å². The predicted molar refractivity (Wildman–Crippen MR) is 104 cm³/mol. The molecular formula is C21H24N2O5. The number of aromatic nitrogens is 1. The maximum absolute atomic E-state index is 13.0. The molecule has 1 heterocycles. The summed E-state index contributed by atoms with van der Waals surface area (Å²) in [5.74, 6) is -0.116. The van der Waals surface area contributed by atoms with Crippen LogP contribution < -0.4 is 15.0 Å². The van der Waals surface area contributed by atoms with Crippen molar-refractivity contribution in [1.82, 2.24) is 4.57 Å². The fourth-order valence-corrected chi connectivity index (χ4v) is 2.93. The van der Waals surface area contributed by atoms with Crippen LogP contribution >= 0.6 is 0 Å². The normalized spacial score (nSPS) is 11.5. The van der Waals surface area contributed by atoms with Crippen LogP contribution in [0.1, 0.15) is 48.2 Å². The number of nitriles is 1. The van der Waals surface area contributed by atoms with Gasteiger partial charge in [-0.2, -0.15) is 5.26 Å². The molecule has 7 nitrogen and oxygen atoms in total. The second-order valence-electron chi connectivity index (χ2n) is 6.40. The third-order valence-corrected chi connectivity index (χ3v) is 4.52. The van der Waals surface area contributed by atoms with E-state index in [9.17, 15) is 20.0 Å². The fraction of sp³-hybridized carbons (Fsp3) is 0.381. The average Bonchev–Trinajstić information content (AvgIpc) is 2.68. The number of nitrogens with zero attached hydrogens (tertiary/aromatic N) is 2. The number of unbranched alkanes of at least 4 members (excludes halogenated alkanes) is 1. The standard InChI is InChI=1S/C21H24N2O5/c1-5-6-11-23-20(25)15(12-22)13(2)18(21(23)26)19(24)14(3)28-17-10-8-7-9-16(17)27-4/h7-10,14,26H,5-6,11H2,1-4H3. The van der Waals surface area contributed by atoms with Gasteiger partial charge in [0.25, 0.3) is 5.56 Å². The summed E-state index contributed by atoms with van der Waals surface area (Å²) >= 11 is 0. The van der Waals surface area contributed by atoms with Crippen LogP contribution in [0.15, 0.2) is 29.1 Å². The van der Waals surface area contributed by atoms with Crippen molar-refractivity contribution >= 4 is 5.78 Å². The number of aromatic hydroxyl groups is 1. The van der Waals surface area contributed by atoms with Gasteiger partial charge in [0.05, 0.1) is 12.7 Å². The van der Waals surface area contributed by atoms with Crippen molar-refractivity contribution in [3.05, 3.63) is 51.3 Å². The van der Waals surface area contributed by atoms with Gasteiger partial charge in [0.15, 0.2) is 17.6 Å². The molecule has 1 atom stereocenters. The van der Waals surface area contributed by atoms with Crippen molar-refractivity contribution in [3.8, 4) is 23.4 Å². The highest BCUT2D eigenvalue weighted by atomic mass is 16.5. The van der Waals surface area contributed by atoms with Gasteiger partial charge >= 0.3 is 0 Å². The number of rotatable bonds is 8. The van der Waals surface area contributed by atoms with E-state index in [1.807, 2.05) is 13.0 Å². The Morgan fingerprint density at radius 1 is 1.32 bits per heavy atom. The molecular weight excluding hydrogens is 360 g/mol. The molecule has 0 spiro atoms. The highest BCUT2D eigenvalue weighted by molar-refractivity contribution is 6.03. The second-order valence-corrected chi connectivity index (χ2v) is 6.40. The Labute approximate surface area is 163 Å². The van der Waals surface area contributed by atoms with Gasteiger partial charge < -0.3 is 14.6 Å². The molecule has 1 aromatic heterocycles. The van der Waals surface area contributed by atoms with E-state index in [1.54, 1.807) is 31.2 Å². The van der Waals surface area contributed by atoms with Gasteiger partial charge in [-0.15, -0.1) is 0 Å². The lowest BCUT2D eigenvalue weighted by Crippen LogP contribution is -2.31. The smallest absolute Gasteiger partial charge is 0.271 e. The van der Waals surface area contributed by atoms with Crippen LogP contribution in [0.25, 0.3) is 0 Å². The molecule has 2 rings (SSSR count). The van der Waals surface area contributed by atoms with Crippen molar-refractivity contribution < 1.29 is 19.4 Å². The first kappa shape index (κ1) is 21.0. The molecule has 0 amide bonds. The van der Waals surface area contributed by atoms with Gasteiger partial charge in [-0.25, -0.2) is 0 Å². The molecule has 0 bridgehead atoms. The van der Waals surface area contributed by atoms with Gasteiger partial charge in [0.1, 0.15) is 11.6 Å². The Kier molecular flexibility index (Phi) is 6.83. The van der Waals surface area contributed by atoms with Gasteiger partial charge in [-0.1, -0.05) is 25.5 Å². The Bertz CT molecular complexity index is 972. The summed E-state index contributed by atoms with van der Waals surface area (Å²) in [5.41, 5.74) is -0.671. The molecule has 2 aromatic rings. The third kappa shape index (κ3) is 4.01. The first-order valence-electron chi connectivity index (χ1n) is 9.07. The van der Waals surface area contributed by atoms with E-state index < -0.39 is 23.3 Å². The maximum atomic E-state index is 13.0. The number of para-hydroxylation sites is 2. The Morgan fingerprint density at radius 3 is 2.54 bits per heavy atom. The van der Waals surface area contributed by atoms with Crippen molar-refractivity contribution in [2.24, 2.45) is 0 Å². The number of ether oxygens (including phenoxy) is 2. The van der Waals surface area contributed by atoms with E-state index in [2.05, 4.69) is 0 Å². The molecule has 0 aliphatic heterocycles. The van der Waals surface area contributed by atoms with Gasteiger partial charge in [-0.3, -0.25) is 14.2 Å². The summed E-state index contributed by atoms with van der Waals surface area (Å²) in [6.07, 6.45) is 0.449. The molecule has 0 fully saturated rings. The topological polar surface area (TPSA) is 102 Å². The molecule has 0 aliphatic rings. The molecule has 28 heavy (non-hydrogen) atoms.